The van der Waals surface area contributed by atoms with Crippen LogP contribution in [0.25, 0.3) is 0 Å². The number of nitrogens with zero attached hydrogens (tertiary/aromatic N) is 3. The molecule has 8 nitrogen and oxygen atoms in total. The van der Waals surface area contributed by atoms with Gasteiger partial charge in [-0.25, -0.2) is 4.98 Å². The molecule has 3 aliphatic rings. The summed E-state index contributed by atoms with van der Waals surface area (Å²) in [5.41, 5.74) is 1.16. The number of methoxy groups -OCH3 is 1. The standard InChI is InChI=1S/C24H29ClN4O4/c1-32-21-7-2-14(8-20(21)25)13-33-23-19(22(31)27-17-3-5-18(30)6-4-17)10-26-24(28-23)29-11-15-9-16(15)12-29/h2,7-8,10,15-18,30H,3-6,9,11-13H2,1H3,(H,27,31)/t15?,16?,17-,18-. The Balaban J connectivity index is 1.34. The third-order valence-electron chi connectivity index (χ3n) is 6.87. The van der Waals surface area contributed by atoms with Crippen LogP contribution in [0.1, 0.15) is 48.0 Å². The Bertz CT molecular complexity index is 1020. The molecule has 2 atom stereocenters. The minimum Gasteiger partial charge on any atom is -0.495 e. The van der Waals surface area contributed by atoms with Gasteiger partial charge < -0.3 is 24.8 Å². The number of amides is 1. The van der Waals surface area contributed by atoms with E-state index in [1.165, 1.54) is 6.42 Å². The van der Waals surface area contributed by atoms with Crippen molar-refractivity contribution in [1.82, 2.24) is 15.3 Å². The molecule has 0 bridgehead atoms. The van der Waals surface area contributed by atoms with Crippen molar-refractivity contribution in [3.63, 3.8) is 0 Å². The summed E-state index contributed by atoms with van der Waals surface area (Å²) in [6, 6.07) is 5.46. The number of anilines is 1. The molecule has 3 fully saturated rings. The molecule has 1 aromatic carbocycles. The molecule has 33 heavy (non-hydrogen) atoms. The van der Waals surface area contributed by atoms with Gasteiger partial charge in [0.15, 0.2) is 0 Å². The van der Waals surface area contributed by atoms with Crippen molar-refractivity contribution in [2.24, 2.45) is 11.8 Å². The highest BCUT2D eigenvalue weighted by molar-refractivity contribution is 6.32. The number of benzene rings is 1. The number of hydrogen-bond acceptors (Lipinski definition) is 7. The van der Waals surface area contributed by atoms with E-state index in [4.69, 9.17) is 21.1 Å². The lowest BCUT2D eigenvalue weighted by Gasteiger charge is -2.26. The minimum atomic E-state index is -0.275. The average Bonchev–Trinajstić information content (AvgIpc) is 3.43. The molecule has 0 radical (unpaired) electrons. The normalized spacial score (nSPS) is 26.0. The minimum absolute atomic E-state index is 0.0273. The van der Waals surface area contributed by atoms with Gasteiger partial charge >= 0.3 is 0 Å². The Morgan fingerprint density at radius 2 is 2.00 bits per heavy atom. The van der Waals surface area contributed by atoms with Crippen LogP contribution in [-0.4, -0.2) is 53.3 Å². The number of carbonyl (C=O) groups excluding carboxylic acids is 1. The fraction of sp³-hybridized carbons (Fsp3) is 0.542. The fourth-order valence-electron chi connectivity index (χ4n) is 4.77. The molecule has 0 spiro atoms. The summed E-state index contributed by atoms with van der Waals surface area (Å²) < 4.78 is 11.2. The van der Waals surface area contributed by atoms with Gasteiger partial charge in [0, 0.05) is 25.3 Å². The molecule has 1 amide bonds. The van der Waals surface area contributed by atoms with Crippen LogP contribution in [0.4, 0.5) is 5.95 Å². The molecule has 176 valence electrons. The lowest BCUT2D eigenvalue weighted by molar-refractivity contribution is 0.0862. The number of aliphatic hydroxyl groups excluding tert-OH is 1. The molecule has 2 unspecified atom stereocenters. The van der Waals surface area contributed by atoms with E-state index < -0.39 is 0 Å². The Morgan fingerprint density at radius 3 is 2.70 bits per heavy atom. The number of piperidine rings is 1. The Morgan fingerprint density at radius 1 is 1.24 bits per heavy atom. The Labute approximate surface area is 198 Å². The third kappa shape index (κ3) is 5.01. The van der Waals surface area contributed by atoms with E-state index in [9.17, 15) is 9.90 Å². The zero-order valence-electron chi connectivity index (χ0n) is 18.7. The quantitative estimate of drug-likeness (QED) is 0.638. The van der Waals surface area contributed by atoms with Crippen molar-refractivity contribution in [2.75, 3.05) is 25.1 Å². The first-order valence-corrected chi connectivity index (χ1v) is 11.9. The summed E-state index contributed by atoms with van der Waals surface area (Å²) in [4.78, 5) is 24.4. The van der Waals surface area contributed by atoms with Crippen LogP contribution in [0, 0.1) is 11.8 Å². The first kappa shape index (κ1) is 22.2. The summed E-state index contributed by atoms with van der Waals surface area (Å²) >= 11 is 6.25. The topological polar surface area (TPSA) is 96.8 Å². The highest BCUT2D eigenvalue weighted by Crippen LogP contribution is 2.45. The van der Waals surface area contributed by atoms with Crippen LogP contribution in [0.2, 0.25) is 5.02 Å². The van der Waals surface area contributed by atoms with E-state index >= 15 is 0 Å². The molecule has 1 aliphatic heterocycles. The molecule has 2 heterocycles. The molecule has 9 heteroatoms. The van der Waals surface area contributed by atoms with Gasteiger partial charge in [-0.05, 0) is 61.6 Å². The van der Waals surface area contributed by atoms with Crippen molar-refractivity contribution in [2.45, 2.75) is 50.9 Å². The van der Waals surface area contributed by atoms with Crippen LogP contribution >= 0.6 is 11.6 Å². The second kappa shape index (κ2) is 9.35. The van der Waals surface area contributed by atoms with Crippen LogP contribution in [0.3, 0.4) is 0 Å². The lowest BCUT2D eigenvalue weighted by Crippen LogP contribution is -2.39. The van der Waals surface area contributed by atoms with Crippen LogP contribution < -0.4 is 19.7 Å². The summed E-state index contributed by atoms with van der Waals surface area (Å²) in [5, 5.41) is 13.3. The van der Waals surface area contributed by atoms with E-state index in [0.717, 1.165) is 43.3 Å². The number of fused-ring (bicyclic) bond motifs is 1. The number of halogens is 1. The number of aliphatic hydroxyl groups is 1. The maximum Gasteiger partial charge on any atom is 0.258 e. The van der Waals surface area contributed by atoms with Gasteiger partial charge in [0.25, 0.3) is 5.91 Å². The maximum atomic E-state index is 13.1. The van der Waals surface area contributed by atoms with Crippen molar-refractivity contribution in [1.29, 1.82) is 0 Å². The first-order chi connectivity index (χ1) is 16.0. The maximum absolute atomic E-state index is 13.1. The lowest BCUT2D eigenvalue weighted by atomic mass is 9.93. The van der Waals surface area contributed by atoms with Gasteiger partial charge in [0.2, 0.25) is 11.8 Å². The molecule has 2 saturated carbocycles. The SMILES string of the molecule is COc1ccc(COc2nc(N3CC4CC4C3)ncc2C(=O)N[C@H]2CC[C@H](O)CC2)cc1Cl. The number of rotatable bonds is 7. The van der Waals surface area contributed by atoms with Gasteiger partial charge in [-0.2, -0.15) is 4.98 Å². The Kier molecular flexibility index (Phi) is 6.29. The summed E-state index contributed by atoms with van der Waals surface area (Å²) in [7, 11) is 1.57. The largest absolute Gasteiger partial charge is 0.495 e. The molecular weight excluding hydrogens is 444 g/mol. The summed E-state index contributed by atoms with van der Waals surface area (Å²) in [5.74, 6) is 2.68. The van der Waals surface area contributed by atoms with Crippen molar-refractivity contribution >= 4 is 23.5 Å². The van der Waals surface area contributed by atoms with Crippen molar-refractivity contribution in [3.8, 4) is 11.6 Å². The highest BCUT2D eigenvalue weighted by atomic mass is 35.5. The van der Waals surface area contributed by atoms with E-state index in [-0.39, 0.29) is 30.5 Å². The highest BCUT2D eigenvalue weighted by Gasteiger charge is 2.46. The average molecular weight is 473 g/mol. The smallest absolute Gasteiger partial charge is 0.258 e. The van der Waals surface area contributed by atoms with Gasteiger partial charge in [-0.15, -0.1) is 0 Å². The van der Waals surface area contributed by atoms with Gasteiger partial charge in [-0.3, -0.25) is 4.79 Å². The molecular formula is C24H29ClN4O4. The molecule has 1 aromatic heterocycles. The zero-order valence-corrected chi connectivity index (χ0v) is 19.4. The van der Waals surface area contributed by atoms with Crippen molar-refractivity contribution < 1.29 is 19.4 Å². The molecule has 2 N–H and O–H groups in total. The van der Waals surface area contributed by atoms with Crippen LogP contribution in [-0.2, 0) is 6.61 Å². The van der Waals surface area contributed by atoms with E-state index in [1.807, 2.05) is 6.07 Å². The second-order valence-electron chi connectivity index (χ2n) is 9.29. The van der Waals surface area contributed by atoms with E-state index in [0.29, 0.717) is 35.1 Å². The van der Waals surface area contributed by atoms with E-state index in [2.05, 4.69) is 20.2 Å². The van der Waals surface area contributed by atoms with E-state index in [1.54, 1.807) is 25.4 Å². The molecule has 5 rings (SSSR count). The monoisotopic (exact) mass is 472 g/mol. The third-order valence-corrected chi connectivity index (χ3v) is 7.17. The predicted molar refractivity (Wildman–Crippen MR) is 124 cm³/mol. The number of ether oxygens (including phenoxy) is 2. The van der Waals surface area contributed by atoms with Crippen LogP contribution in [0.15, 0.2) is 24.4 Å². The van der Waals surface area contributed by atoms with Gasteiger partial charge in [0.05, 0.1) is 18.2 Å². The number of nitrogens with one attached hydrogen (secondary N) is 1. The summed E-state index contributed by atoms with van der Waals surface area (Å²) in [6.07, 6.45) is 5.47. The number of hydrogen-bond donors (Lipinski definition) is 2. The van der Waals surface area contributed by atoms with Gasteiger partial charge in [-0.1, -0.05) is 17.7 Å². The second-order valence-corrected chi connectivity index (χ2v) is 9.69. The number of aromatic nitrogens is 2. The van der Waals surface area contributed by atoms with Gasteiger partial charge in [0.1, 0.15) is 17.9 Å². The molecule has 2 aromatic rings. The van der Waals surface area contributed by atoms with Crippen molar-refractivity contribution in [3.05, 3.63) is 40.5 Å². The predicted octanol–water partition coefficient (Wildman–Crippen LogP) is 3.21. The first-order valence-electron chi connectivity index (χ1n) is 11.6. The zero-order chi connectivity index (χ0) is 22.9. The molecule has 2 aliphatic carbocycles. The number of carbonyl (C=O) groups is 1. The molecule has 1 saturated heterocycles. The Hall–Kier alpha value is -2.58. The summed E-state index contributed by atoms with van der Waals surface area (Å²) in [6.45, 7) is 2.11. The van der Waals surface area contributed by atoms with Crippen LogP contribution in [0.5, 0.6) is 11.6 Å². The fourth-order valence-corrected chi connectivity index (χ4v) is 5.05.